The molecule has 0 unspecified atom stereocenters. The van der Waals surface area contributed by atoms with Gasteiger partial charge in [-0.15, -0.1) is 10.2 Å². The maximum absolute atomic E-state index is 14.2. The number of hydrogen-bond donors (Lipinski definition) is 2. The third-order valence-electron chi connectivity index (χ3n) is 17.4. The number of unbranched alkanes of at least 4 members (excludes halogenated alkanes) is 6. The van der Waals surface area contributed by atoms with Crippen molar-refractivity contribution >= 4 is 11.8 Å². The zero-order valence-electron chi connectivity index (χ0n) is 57.7. The highest BCUT2D eigenvalue weighted by Crippen LogP contribution is 2.45. The first-order valence-corrected chi connectivity index (χ1v) is 33.4. The van der Waals surface area contributed by atoms with E-state index in [9.17, 15) is 19.8 Å². The predicted molar refractivity (Wildman–Crippen MR) is 358 cm³/mol. The summed E-state index contributed by atoms with van der Waals surface area (Å²) in [7, 11) is 0. The number of aliphatic hydroxyl groups is 2. The van der Waals surface area contributed by atoms with Crippen LogP contribution in [0.25, 0.3) is 0 Å². The van der Waals surface area contributed by atoms with Crippen LogP contribution in [0.4, 0.5) is 0 Å². The summed E-state index contributed by atoms with van der Waals surface area (Å²) in [5.74, 6) is 2.54. The molecule has 2 N–H and O–H groups in total. The second-order valence-electron chi connectivity index (χ2n) is 28.7. The molecule has 0 radical (unpaired) electrons. The number of fused-ring (bicyclic) bond motifs is 8. The molecule has 0 spiro atoms. The van der Waals surface area contributed by atoms with Crippen LogP contribution in [0.2, 0.25) is 0 Å². The summed E-state index contributed by atoms with van der Waals surface area (Å²) in [6.45, 7) is 38.9. The van der Waals surface area contributed by atoms with Crippen LogP contribution in [0.3, 0.4) is 0 Å². The van der Waals surface area contributed by atoms with Gasteiger partial charge in [0.2, 0.25) is 0 Å². The summed E-state index contributed by atoms with van der Waals surface area (Å²) in [6.07, 6.45) is 12.8. The predicted octanol–water partition coefficient (Wildman–Crippen LogP) is 13.5. The van der Waals surface area contributed by atoms with E-state index in [4.69, 9.17) is 18.9 Å². The van der Waals surface area contributed by atoms with Gasteiger partial charge in [-0.2, -0.15) is 0 Å². The Morgan fingerprint density at radius 1 is 0.411 bits per heavy atom. The van der Waals surface area contributed by atoms with Crippen LogP contribution >= 0.6 is 0 Å². The van der Waals surface area contributed by atoms with Crippen molar-refractivity contribution in [1.29, 1.82) is 0 Å². The molecule has 6 aromatic rings. The van der Waals surface area contributed by atoms with Gasteiger partial charge >= 0.3 is 0 Å². The van der Waals surface area contributed by atoms with Gasteiger partial charge < -0.3 is 39.0 Å². The highest BCUT2D eigenvalue weighted by Gasteiger charge is 2.31. The number of aryl methyl sites for hydroxylation is 2. The molecule has 0 fully saturated rings. The summed E-state index contributed by atoms with van der Waals surface area (Å²) in [5.41, 5.74) is 12.1. The average Bonchev–Trinajstić information content (AvgIpc) is 1.06. The Morgan fingerprint density at radius 2 is 0.667 bits per heavy atom. The van der Waals surface area contributed by atoms with E-state index in [1.54, 1.807) is 0 Å². The number of benzene rings is 4. The summed E-state index contributed by atoms with van der Waals surface area (Å²) in [4.78, 5) is 32.1. The standard InChI is InChI=1S/C74H108N8O8/c1-17-79(18-2)65(85)49-89-69-55-33-51-37-59(71(5,6)7)39-53(67(51)87-47-63-45-81(77-75-63)29-25-21-23-27-31-83)35-57-43-62(74(14,15)16)44-58(70(57)90-50-66(86)80(19-3)20-4)36-54-40-60(72(8,9)10)38-52(34-56(69)42-61(41-55)73(11,12)13)68(54)88-48-64-46-82(78-76-64)30-26-22-24-28-32-84/h37-46,83-84H,17-36,47-50H2,1-16H3. The molecule has 2 amide bonds. The normalized spacial score (nSPS) is 12.9. The molecule has 8 bridgehead atoms. The Balaban J connectivity index is 1.56. The highest BCUT2D eigenvalue weighted by molar-refractivity contribution is 5.78. The molecule has 1 aliphatic carbocycles. The minimum Gasteiger partial charge on any atom is -0.487 e. The van der Waals surface area contributed by atoms with Crippen molar-refractivity contribution in [3.05, 3.63) is 139 Å². The van der Waals surface area contributed by atoms with Gasteiger partial charge in [0, 0.05) is 78.2 Å². The van der Waals surface area contributed by atoms with Crippen molar-refractivity contribution in [2.45, 2.75) is 236 Å². The minimum absolute atomic E-state index is 0.0926. The minimum atomic E-state index is -0.304. The van der Waals surface area contributed by atoms with Crippen LogP contribution in [-0.4, -0.2) is 114 Å². The number of likely N-dealkylation sites (N-methyl/N-ethyl adjacent to an activating group) is 2. The van der Waals surface area contributed by atoms with Crippen LogP contribution in [0.5, 0.6) is 23.0 Å². The maximum Gasteiger partial charge on any atom is 0.260 e. The third kappa shape index (κ3) is 19.1. The first kappa shape index (κ1) is 70.7. The third-order valence-corrected chi connectivity index (χ3v) is 17.4. The van der Waals surface area contributed by atoms with E-state index in [0.29, 0.717) is 99.3 Å². The van der Waals surface area contributed by atoms with Crippen molar-refractivity contribution in [3.8, 4) is 23.0 Å². The van der Waals surface area contributed by atoms with E-state index >= 15 is 0 Å². The summed E-state index contributed by atoms with van der Waals surface area (Å²) < 4.78 is 32.5. The average molecular weight is 1240 g/mol. The van der Waals surface area contributed by atoms with Crippen molar-refractivity contribution in [3.63, 3.8) is 0 Å². The van der Waals surface area contributed by atoms with Crippen LogP contribution < -0.4 is 18.9 Å². The lowest BCUT2D eigenvalue weighted by molar-refractivity contribution is -0.133. The second-order valence-corrected chi connectivity index (χ2v) is 28.7. The van der Waals surface area contributed by atoms with Gasteiger partial charge in [-0.1, -0.05) is 168 Å². The summed E-state index contributed by atoms with van der Waals surface area (Å²) >= 11 is 0. The van der Waals surface area contributed by atoms with Crippen molar-refractivity contribution in [2.24, 2.45) is 0 Å². The van der Waals surface area contributed by atoms with E-state index in [1.807, 2.05) is 59.3 Å². The van der Waals surface area contributed by atoms with Crippen LogP contribution in [-0.2, 0) is 83.2 Å². The number of amides is 2. The van der Waals surface area contributed by atoms with Gasteiger partial charge in [0.1, 0.15) is 47.6 Å². The second kappa shape index (κ2) is 31.5. The molecule has 4 aromatic carbocycles. The van der Waals surface area contributed by atoms with E-state index < -0.39 is 0 Å². The zero-order chi connectivity index (χ0) is 65.6. The molecule has 16 nitrogen and oxygen atoms in total. The fourth-order valence-electron chi connectivity index (χ4n) is 11.8. The SMILES string of the molecule is CCN(CC)C(=O)COc1c2cc(C(C)(C)C)cc1Cc1cc(C(C)(C)C)cc(c1OCc1cn(CCCCCCO)nn1)Cc1cc(C(C)(C)C)cc(c1OCC(=O)N(CC)CC)Cc1cc(C(C)(C)C)cc(c1OCc1cn(CCCCCCO)nn1)C2. The highest BCUT2D eigenvalue weighted by atomic mass is 16.5. The van der Waals surface area contributed by atoms with Gasteiger partial charge in [-0.25, -0.2) is 0 Å². The first-order chi connectivity index (χ1) is 42.7. The summed E-state index contributed by atoms with van der Waals surface area (Å²) in [5, 5.41) is 37.1. The number of aliphatic hydroxyl groups excluding tert-OH is 2. The van der Waals surface area contributed by atoms with E-state index in [2.05, 4.69) is 152 Å². The molecule has 2 heterocycles. The fourth-order valence-corrected chi connectivity index (χ4v) is 11.8. The lowest BCUT2D eigenvalue weighted by Gasteiger charge is -2.29. The number of carbonyl (C=O) groups excluding carboxylic acids is 2. The quantitative estimate of drug-likeness (QED) is 0.0444. The van der Waals surface area contributed by atoms with Crippen molar-refractivity contribution < 1.29 is 38.7 Å². The van der Waals surface area contributed by atoms with Crippen LogP contribution in [0, 0.1) is 0 Å². The fraction of sp³-hybridized carbons (Fsp3) is 0.595. The smallest absolute Gasteiger partial charge is 0.260 e. The topological polar surface area (TPSA) is 179 Å². The van der Waals surface area contributed by atoms with E-state index in [0.717, 1.165) is 118 Å². The van der Waals surface area contributed by atoms with E-state index in [-0.39, 0.29) is 73.1 Å². The van der Waals surface area contributed by atoms with Gasteiger partial charge in [0.15, 0.2) is 13.2 Å². The number of carbonyl (C=O) groups is 2. The molecule has 7 rings (SSSR count). The Morgan fingerprint density at radius 3 is 0.911 bits per heavy atom. The van der Waals surface area contributed by atoms with Gasteiger partial charge in [0.25, 0.3) is 11.8 Å². The van der Waals surface area contributed by atoms with Gasteiger partial charge in [-0.05, 0) is 142 Å². The van der Waals surface area contributed by atoms with Gasteiger partial charge in [0.05, 0.1) is 12.4 Å². The molecule has 0 aliphatic heterocycles. The Kier molecular flexibility index (Phi) is 24.7. The van der Waals surface area contributed by atoms with Crippen molar-refractivity contribution in [1.82, 2.24) is 39.8 Å². The first-order valence-electron chi connectivity index (χ1n) is 33.4. The van der Waals surface area contributed by atoms with Crippen LogP contribution in [0.15, 0.2) is 60.9 Å². The van der Waals surface area contributed by atoms with Crippen LogP contribution in [0.1, 0.15) is 240 Å². The number of nitrogens with zero attached hydrogens (tertiary/aromatic N) is 8. The molecular weight excluding hydrogens is 1130 g/mol. The molecule has 2 aromatic heterocycles. The lowest BCUT2D eigenvalue weighted by atomic mass is 9.79. The van der Waals surface area contributed by atoms with Crippen molar-refractivity contribution in [2.75, 3.05) is 52.6 Å². The number of hydrogen-bond acceptors (Lipinski definition) is 12. The molecule has 1 aliphatic rings. The van der Waals surface area contributed by atoms with Gasteiger partial charge in [-0.3, -0.25) is 19.0 Å². The monoisotopic (exact) mass is 1240 g/mol. The Hall–Kier alpha value is -6.78. The molecule has 16 heteroatoms. The largest absolute Gasteiger partial charge is 0.487 e. The Bertz CT molecular complexity index is 3010. The number of ether oxygens (including phenoxy) is 4. The molecule has 0 saturated carbocycles. The maximum atomic E-state index is 14.2. The molecule has 0 saturated heterocycles. The van der Waals surface area contributed by atoms with E-state index in [1.165, 1.54) is 0 Å². The number of aromatic nitrogens is 6. The zero-order valence-corrected chi connectivity index (χ0v) is 57.7. The molecule has 90 heavy (non-hydrogen) atoms. The lowest BCUT2D eigenvalue weighted by Crippen LogP contribution is -2.34. The Labute approximate surface area is 538 Å². The molecular formula is C74H108N8O8. The number of rotatable bonds is 28. The molecule has 492 valence electrons. The summed E-state index contributed by atoms with van der Waals surface area (Å²) in [6, 6.07) is 18.2. The molecule has 0 atom stereocenters.